The molecule has 2 aliphatic heterocycles. The number of nitrogens with one attached hydrogen (secondary N) is 1. The van der Waals surface area contributed by atoms with Gasteiger partial charge in [0.1, 0.15) is 0 Å². The number of rotatable bonds is 5. The third-order valence-electron chi connectivity index (χ3n) is 9.08. The number of carbonyl (C=O) groups is 1. The van der Waals surface area contributed by atoms with E-state index in [1.54, 1.807) is 6.92 Å². The van der Waals surface area contributed by atoms with Gasteiger partial charge < -0.3 is 10.2 Å². The van der Waals surface area contributed by atoms with Gasteiger partial charge >= 0.3 is 0 Å². The molecular weight excluding hydrogens is 472 g/mol. The number of pyridine rings is 2. The van der Waals surface area contributed by atoms with Crippen molar-refractivity contribution >= 4 is 16.7 Å². The van der Waals surface area contributed by atoms with Crippen LogP contribution in [0, 0.1) is 11.3 Å². The first-order chi connectivity index (χ1) is 18.5. The second-order valence-corrected chi connectivity index (χ2v) is 11.6. The molecule has 5 heterocycles. The lowest BCUT2D eigenvalue weighted by molar-refractivity contribution is -0.129. The smallest absolute Gasteiger partial charge is 0.219 e. The highest BCUT2D eigenvalue weighted by Gasteiger charge is 2.47. The number of fused-ring (bicyclic) bond motifs is 2. The van der Waals surface area contributed by atoms with E-state index in [9.17, 15) is 4.79 Å². The number of aromatic nitrogens is 4. The van der Waals surface area contributed by atoms with Crippen LogP contribution in [0.4, 0.5) is 0 Å². The molecule has 0 bridgehead atoms. The van der Waals surface area contributed by atoms with Crippen molar-refractivity contribution < 1.29 is 4.79 Å². The van der Waals surface area contributed by atoms with E-state index in [-0.39, 0.29) is 5.91 Å². The van der Waals surface area contributed by atoms with Crippen molar-refractivity contribution in [2.45, 2.75) is 45.6 Å². The summed E-state index contributed by atoms with van der Waals surface area (Å²) in [5.74, 6) is 0.974. The molecule has 1 aromatic carbocycles. The molecule has 38 heavy (non-hydrogen) atoms. The summed E-state index contributed by atoms with van der Waals surface area (Å²) in [4.78, 5) is 23.6. The van der Waals surface area contributed by atoms with E-state index in [4.69, 9.17) is 15.1 Å². The highest BCUT2D eigenvalue weighted by atomic mass is 16.2. The minimum Gasteiger partial charge on any atom is -0.338 e. The molecule has 1 N–H and O–H groups in total. The van der Waals surface area contributed by atoms with Crippen molar-refractivity contribution in [3.63, 3.8) is 0 Å². The van der Waals surface area contributed by atoms with Gasteiger partial charge in [-0.3, -0.25) is 19.4 Å². The zero-order valence-electron chi connectivity index (χ0n) is 22.2. The van der Waals surface area contributed by atoms with Crippen LogP contribution in [0.5, 0.6) is 0 Å². The molecule has 2 fully saturated rings. The van der Waals surface area contributed by atoms with Crippen LogP contribution in [0.1, 0.15) is 43.1 Å². The maximum atomic E-state index is 12.1. The summed E-state index contributed by atoms with van der Waals surface area (Å²) in [6.45, 7) is 5.43. The molecule has 3 aromatic heterocycles. The first kappa shape index (κ1) is 23.5. The van der Waals surface area contributed by atoms with Crippen molar-refractivity contribution in [1.82, 2.24) is 30.0 Å². The van der Waals surface area contributed by atoms with Gasteiger partial charge in [-0.15, -0.1) is 0 Å². The predicted octanol–water partition coefficient (Wildman–Crippen LogP) is 4.53. The molecule has 4 aromatic rings. The summed E-state index contributed by atoms with van der Waals surface area (Å²) < 4.78 is 1.98. The molecule has 0 atom stereocenters. The Morgan fingerprint density at radius 1 is 1.13 bits per heavy atom. The van der Waals surface area contributed by atoms with Crippen LogP contribution < -0.4 is 5.32 Å². The van der Waals surface area contributed by atoms with Gasteiger partial charge in [-0.1, -0.05) is 18.2 Å². The summed E-state index contributed by atoms with van der Waals surface area (Å²) in [7, 11) is 2.00. The summed E-state index contributed by atoms with van der Waals surface area (Å²) in [6.07, 6.45) is 9.83. The Bertz CT molecular complexity index is 1530. The standard InChI is InChI=1S/C31H34N6O/c1-20(38)37-11-10-29-27(17-37)30(35-36(29)2)25-5-3-4-22-12-28(34-16-26(22)25)23-7-9-24(33-15-23)8-6-21-13-31(14-21)18-32-19-31/h3-5,7,9,12,15-16,21,32H,6,8,10-11,13-14,17-19H2,1-2H3. The van der Waals surface area contributed by atoms with E-state index in [1.807, 2.05) is 29.0 Å². The molecule has 7 rings (SSSR count). The normalized spacial score (nSPS) is 18.3. The molecule has 1 saturated carbocycles. The molecule has 1 aliphatic carbocycles. The van der Waals surface area contributed by atoms with Crippen molar-refractivity contribution in [1.29, 1.82) is 0 Å². The van der Waals surface area contributed by atoms with E-state index in [0.717, 1.165) is 64.2 Å². The van der Waals surface area contributed by atoms with Gasteiger partial charge in [0.05, 0.1) is 11.4 Å². The molecular formula is C31H34N6O. The molecule has 7 nitrogen and oxygen atoms in total. The third-order valence-corrected chi connectivity index (χ3v) is 9.08. The highest BCUT2D eigenvalue weighted by molar-refractivity contribution is 5.97. The first-order valence-electron chi connectivity index (χ1n) is 13.8. The Balaban J connectivity index is 1.12. The number of nitrogens with zero attached hydrogens (tertiary/aromatic N) is 5. The molecule has 3 aliphatic rings. The van der Waals surface area contributed by atoms with Crippen molar-refractivity contribution in [3.8, 4) is 22.5 Å². The predicted molar refractivity (Wildman–Crippen MR) is 148 cm³/mol. The SMILES string of the molecule is CC(=O)N1CCc2c(c(-c3cccc4cc(-c5ccc(CCC6CC7(CNC7)C6)nc5)ncc34)nn2C)C1. The fraction of sp³-hybridized carbons (Fsp3) is 0.419. The number of amides is 1. The first-order valence-corrected chi connectivity index (χ1v) is 13.8. The van der Waals surface area contributed by atoms with E-state index < -0.39 is 0 Å². The Morgan fingerprint density at radius 2 is 2.00 bits per heavy atom. The van der Waals surface area contributed by atoms with Crippen LogP contribution in [0.2, 0.25) is 0 Å². The quantitative estimate of drug-likeness (QED) is 0.430. The zero-order valence-corrected chi connectivity index (χ0v) is 22.2. The van der Waals surface area contributed by atoms with Gasteiger partial charge in [-0.25, -0.2) is 0 Å². The molecule has 1 spiro atoms. The van der Waals surface area contributed by atoms with E-state index in [2.05, 4.69) is 41.7 Å². The highest BCUT2D eigenvalue weighted by Crippen LogP contribution is 2.50. The van der Waals surface area contributed by atoms with Gasteiger partial charge in [-0.05, 0) is 60.6 Å². The van der Waals surface area contributed by atoms with E-state index in [1.165, 1.54) is 43.7 Å². The second kappa shape index (κ2) is 9.02. The number of hydrogen-bond donors (Lipinski definition) is 1. The van der Waals surface area contributed by atoms with Gasteiger partial charge in [-0.2, -0.15) is 5.10 Å². The molecule has 1 amide bonds. The van der Waals surface area contributed by atoms with E-state index in [0.29, 0.717) is 12.0 Å². The van der Waals surface area contributed by atoms with Gasteiger partial charge in [0.2, 0.25) is 5.91 Å². The fourth-order valence-electron chi connectivity index (χ4n) is 6.83. The third kappa shape index (κ3) is 4.00. The maximum Gasteiger partial charge on any atom is 0.219 e. The minimum absolute atomic E-state index is 0.108. The largest absolute Gasteiger partial charge is 0.338 e. The molecule has 194 valence electrons. The molecule has 0 radical (unpaired) electrons. The molecule has 0 unspecified atom stereocenters. The number of hydrogen-bond acceptors (Lipinski definition) is 5. The summed E-state index contributed by atoms with van der Waals surface area (Å²) in [5.41, 5.74) is 8.15. The monoisotopic (exact) mass is 506 g/mol. The van der Waals surface area contributed by atoms with Gasteiger partial charge in [0.25, 0.3) is 0 Å². The van der Waals surface area contributed by atoms with Gasteiger partial charge in [0.15, 0.2) is 0 Å². The molecule has 1 saturated heterocycles. The average Bonchev–Trinajstić information content (AvgIpc) is 3.22. The number of carbonyl (C=O) groups excluding carboxylic acids is 1. The van der Waals surface area contributed by atoms with E-state index >= 15 is 0 Å². The number of benzene rings is 1. The van der Waals surface area contributed by atoms with Crippen molar-refractivity contribution in [3.05, 3.63) is 65.7 Å². The Labute approximate surface area is 223 Å². The maximum absolute atomic E-state index is 12.1. The number of aryl methyl sites for hydroxylation is 2. The lowest BCUT2D eigenvalue weighted by Gasteiger charge is -2.54. The fourth-order valence-corrected chi connectivity index (χ4v) is 6.83. The Kier molecular flexibility index (Phi) is 5.58. The second-order valence-electron chi connectivity index (χ2n) is 11.6. The lowest BCUT2D eigenvalue weighted by atomic mass is 9.57. The van der Waals surface area contributed by atoms with Crippen molar-refractivity contribution in [2.75, 3.05) is 19.6 Å². The zero-order chi connectivity index (χ0) is 25.9. The average molecular weight is 507 g/mol. The van der Waals surface area contributed by atoms with Crippen LogP contribution >= 0.6 is 0 Å². The minimum atomic E-state index is 0.108. The van der Waals surface area contributed by atoms with Crippen LogP contribution in [0.15, 0.2) is 48.8 Å². The summed E-state index contributed by atoms with van der Waals surface area (Å²) in [5, 5.41) is 10.5. The summed E-state index contributed by atoms with van der Waals surface area (Å²) >= 11 is 0. The Morgan fingerprint density at radius 3 is 2.74 bits per heavy atom. The summed E-state index contributed by atoms with van der Waals surface area (Å²) in [6, 6.07) is 12.8. The topological polar surface area (TPSA) is 75.9 Å². The Hall–Kier alpha value is -3.58. The van der Waals surface area contributed by atoms with Crippen LogP contribution in [0.3, 0.4) is 0 Å². The van der Waals surface area contributed by atoms with Crippen LogP contribution in [0.25, 0.3) is 33.3 Å². The van der Waals surface area contributed by atoms with Crippen molar-refractivity contribution in [2.24, 2.45) is 18.4 Å². The van der Waals surface area contributed by atoms with Gasteiger partial charge in [0, 0.05) is 92.4 Å². The van der Waals surface area contributed by atoms with Crippen LogP contribution in [-0.4, -0.2) is 50.2 Å². The van der Waals surface area contributed by atoms with Crippen LogP contribution in [-0.2, 0) is 31.2 Å². The molecule has 7 heteroatoms. The lowest BCUT2D eigenvalue weighted by Crippen LogP contribution is -2.60.